The van der Waals surface area contributed by atoms with E-state index >= 15 is 0 Å². The van der Waals surface area contributed by atoms with Gasteiger partial charge >= 0.3 is 0 Å². The van der Waals surface area contributed by atoms with Crippen molar-refractivity contribution in [1.29, 1.82) is 0 Å². The summed E-state index contributed by atoms with van der Waals surface area (Å²) in [7, 11) is 0. The average molecular weight is 291 g/mol. The first kappa shape index (κ1) is 17.0. The van der Waals surface area contributed by atoms with Crippen molar-refractivity contribution in [1.82, 2.24) is 4.90 Å². The molecule has 5 nitrogen and oxygen atoms in total. The van der Waals surface area contributed by atoms with Gasteiger partial charge in [0.15, 0.2) is 0 Å². The van der Waals surface area contributed by atoms with Crippen LogP contribution in [0.15, 0.2) is 24.3 Å². The van der Waals surface area contributed by atoms with Gasteiger partial charge in [0.25, 0.3) is 0 Å². The van der Waals surface area contributed by atoms with Gasteiger partial charge in [-0.25, -0.2) is 0 Å². The highest BCUT2D eigenvalue weighted by atomic mass is 16.2. The molecule has 0 aliphatic heterocycles. The van der Waals surface area contributed by atoms with E-state index in [1.165, 1.54) is 0 Å². The van der Waals surface area contributed by atoms with Crippen LogP contribution in [0.25, 0.3) is 0 Å². The molecule has 0 atom stereocenters. The normalized spacial score (nSPS) is 10.3. The maximum atomic E-state index is 11.9. The lowest BCUT2D eigenvalue weighted by Gasteiger charge is -2.19. The molecule has 1 aromatic carbocycles. The molecular formula is C16H25N3O2. The molecule has 2 N–H and O–H groups in total. The second kappa shape index (κ2) is 8.29. The molecule has 0 fully saturated rings. The minimum Gasteiger partial charge on any atom is -0.376 e. The van der Waals surface area contributed by atoms with Crippen LogP contribution in [-0.4, -0.2) is 36.3 Å². The number of nitrogens with one attached hydrogen (secondary N) is 2. The Bertz CT molecular complexity index is 465. The number of carbonyl (C=O) groups excluding carboxylic acids is 2. The van der Waals surface area contributed by atoms with Crippen LogP contribution in [-0.2, 0) is 9.59 Å². The van der Waals surface area contributed by atoms with Gasteiger partial charge in [0, 0.05) is 30.4 Å². The Morgan fingerprint density at radius 3 is 2.05 bits per heavy atom. The average Bonchev–Trinajstić information content (AvgIpc) is 2.47. The number of benzene rings is 1. The Morgan fingerprint density at radius 1 is 1.05 bits per heavy atom. The van der Waals surface area contributed by atoms with Crippen LogP contribution in [0.1, 0.15) is 27.7 Å². The number of carbonyl (C=O) groups is 2. The van der Waals surface area contributed by atoms with E-state index in [-0.39, 0.29) is 24.3 Å². The molecule has 1 aromatic rings. The summed E-state index contributed by atoms with van der Waals surface area (Å²) in [6.45, 7) is 9.35. The zero-order valence-electron chi connectivity index (χ0n) is 13.3. The van der Waals surface area contributed by atoms with Gasteiger partial charge in [-0.2, -0.15) is 0 Å². The molecule has 21 heavy (non-hydrogen) atoms. The molecule has 0 saturated heterocycles. The van der Waals surface area contributed by atoms with Crippen molar-refractivity contribution >= 4 is 23.2 Å². The highest BCUT2D eigenvalue weighted by Gasteiger charge is 2.09. The van der Waals surface area contributed by atoms with Gasteiger partial charge in [-0.05, 0) is 38.1 Å². The van der Waals surface area contributed by atoms with Crippen LogP contribution >= 0.6 is 0 Å². The standard InChI is InChI=1S/C16H25N3O2/c1-5-19(6-2)15(20)11-17-13-7-9-14(10-8-13)18-16(21)12(3)4/h7-10,12,17H,5-6,11H2,1-4H3,(H,18,21). The van der Waals surface area contributed by atoms with Crippen molar-refractivity contribution in [3.05, 3.63) is 24.3 Å². The number of anilines is 2. The number of nitrogens with zero attached hydrogens (tertiary/aromatic N) is 1. The Morgan fingerprint density at radius 2 is 1.57 bits per heavy atom. The summed E-state index contributed by atoms with van der Waals surface area (Å²) in [5.41, 5.74) is 1.62. The fourth-order valence-corrected chi connectivity index (χ4v) is 1.82. The maximum absolute atomic E-state index is 11.9. The van der Waals surface area contributed by atoms with Crippen LogP contribution in [0.5, 0.6) is 0 Å². The number of rotatable bonds is 7. The molecule has 2 amide bonds. The summed E-state index contributed by atoms with van der Waals surface area (Å²) in [6, 6.07) is 7.35. The Kier molecular flexibility index (Phi) is 6.72. The van der Waals surface area contributed by atoms with Crippen molar-refractivity contribution in [2.24, 2.45) is 5.92 Å². The number of amides is 2. The first-order chi connectivity index (χ1) is 9.97. The summed E-state index contributed by atoms with van der Waals surface area (Å²) < 4.78 is 0. The molecule has 0 aliphatic carbocycles. The first-order valence-electron chi connectivity index (χ1n) is 7.40. The minimum atomic E-state index is -0.0468. The monoisotopic (exact) mass is 291 g/mol. The SMILES string of the molecule is CCN(CC)C(=O)CNc1ccc(NC(=O)C(C)C)cc1. The number of hydrogen-bond acceptors (Lipinski definition) is 3. The Balaban J connectivity index is 2.51. The molecule has 0 aliphatic rings. The van der Waals surface area contributed by atoms with Gasteiger partial charge in [0.05, 0.1) is 6.54 Å². The minimum absolute atomic E-state index is 0.00702. The second-order valence-corrected chi connectivity index (χ2v) is 5.14. The highest BCUT2D eigenvalue weighted by molar-refractivity contribution is 5.92. The van der Waals surface area contributed by atoms with E-state index < -0.39 is 0 Å². The molecule has 0 bridgehead atoms. The van der Waals surface area contributed by atoms with E-state index in [1.54, 1.807) is 4.90 Å². The lowest BCUT2D eigenvalue weighted by molar-refractivity contribution is -0.128. The third-order valence-electron chi connectivity index (χ3n) is 3.24. The molecule has 116 valence electrons. The van der Waals surface area contributed by atoms with Gasteiger partial charge in [-0.1, -0.05) is 13.8 Å². The lowest BCUT2D eigenvalue weighted by atomic mass is 10.2. The smallest absolute Gasteiger partial charge is 0.241 e. The summed E-state index contributed by atoms with van der Waals surface area (Å²) in [5.74, 6) is 0.0269. The third kappa shape index (κ3) is 5.45. The van der Waals surface area contributed by atoms with Gasteiger partial charge in [0.2, 0.25) is 11.8 Å². The third-order valence-corrected chi connectivity index (χ3v) is 3.24. The predicted octanol–water partition coefficient (Wildman–Crippen LogP) is 2.56. The molecule has 0 radical (unpaired) electrons. The van der Waals surface area contributed by atoms with Gasteiger partial charge in [-0.3, -0.25) is 9.59 Å². The van der Waals surface area contributed by atoms with Crippen LogP contribution < -0.4 is 10.6 Å². The summed E-state index contributed by atoms with van der Waals surface area (Å²) >= 11 is 0. The van der Waals surface area contributed by atoms with Crippen LogP contribution in [0.2, 0.25) is 0 Å². The van der Waals surface area contributed by atoms with Crippen LogP contribution in [0, 0.1) is 5.92 Å². The van der Waals surface area contributed by atoms with Crippen LogP contribution in [0.3, 0.4) is 0 Å². The van der Waals surface area contributed by atoms with E-state index in [0.717, 1.165) is 24.5 Å². The summed E-state index contributed by atoms with van der Waals surface area (Å²) in [4.78, 5) is 25.2. The Labute approximate surface area is 126 Å². The zero-order valence-corrected chi connectivity index (χ0v) is 13.3. The molecule has 0 aromatic heterocycles. The van der Waals surface area contributed by atoms with Crippen molar-refractivity contribution in [2.45, 2.75) is 27.7 Å². The largest absolute Gasteiger partial charge is 0.376 e. The number of likely N-dealkylation sites (N-methyl/N-ethyl adjacent to an activating group) is 1. The fraction of sp³-hybridized carbons (Fsp3) is 0.500. The number of hydrogen-bond donors (Lipinski definition) is 2. The molecule has 0 heterocycles. The van der Waals surface area contributed by atoms with E-state index in [0.29, 0.717) is 0 Å². The lowest BCUT2D eigenvalue weighted by Crippen LogP contribution is -2.35. The quantitative estimate of drug-likeness (QED) is 0.811. The topological polar surface area (TPSA) is 61.4 Å². The highest BCUT2D eigenvalue weighted by Crippen LogP contribution is 2.14. The summed E-state index contributed by atoms with van der Waals surface area (Å²) in [5, 5.41) is 5.92. The zero-order chi connectivity index (χ0) is 15.8. The maximum Gasteiger partial charge on any atom is 0.241 e. The summed E-state index contributed by atoms with van der Waals surface area (Å²) in [6.07, 6.45) is 0. The van der Waals surface area contributed by atoms with E-state index in [2.05, 4.69) is 10.6 Å². The molecule has 0 saturated carbocycles. The Hall–Kier alpha value is -2.04. The van der Waals surface area contributed by atoms with E-state index in [4.69, 9.17) is 0 Å². The molecule has 1 rings (SSSR count). The molecule has 0 spiro atoms. The van der Waals surface area contributed by atoms with Crippen LogP contribution in [0.4, 0.5) is 11.4 Å². The van der Waals surface area contributed by atoms with Gasteiger partial charge in [-0.15, -0.1) is 0 Å². The van der Waals surface area contributed by atoms with Crippen molar-refractivity contribution in [3.63, 3.8) is 0 Å². The molecular weight excluding hydrogens is 266 g/mol. The van der Waals surface area contributed by atoms with Gasteiger partial charge in [0.1, 0.15) is 0 Å². The van der Waals surface area contributed by atoms with E-state index in [1.807, 2.05) is 52.0 Å². The predicted molar refractivity (Wildman–Crippen MR) is 86.3 cm³/mol. The molecule has 0 unspecified atom stereocenters. The molecule has 5 heteroatoms. The first-order valence-corrected chi connectivity index (χ1v) is 7.40. The van der Waals surface area contributed by atoms with E-state index in [9.17, 15) is 9.59 Å². The van der Waals surface area contributed by atoms with Crippen molar-refractivity contribution in [3.8, 4) is 0 Å². The van der Waals surface area contributed by atoms with Crippen molar-refractivity contribution < 1.29 is 9.59 Å². The second-order valence-electron chi connectivity index (χ2n) is 5.14. The fourth-order valence-electron chi connectivity index (χ4n) is 1.82. The van der Waals surface area contributed by atoms with Gasteiger partial charge < -0.3 is 15.5 Å². The van der Waals surface area contributed by atoms with Crippen molar-refractivity contribution in [2.75, 3.05) is 30.3 Å².